The van der Waals surface area contributed by atoms with Gasteiger partial charge in [0.1, 0.15) is 0 Å². The highest BCUT2D eigenvalue weighted by Gasteiger charge is 2.33. The molecule has 0 spiro atoms. The number of carboxylic acid groups (broad SMARTS) is 1. The number of rotatable bonds is 4. The molecule has 90 valence electrons. The highest BCUT2D eigenvalue weighted by atomic mass is 16.4. The Morgan fingerprint density at radius 3 is 2.62 bits per heavy atom. The smallest absolute Gasteiger partial charge is 0.305 e. The lowest BCUT2D eigenvalue weighted by Crippen LogP contribution is -2.35. The van der Waals surface area contributed by atoms with Crippen LogP contribution in [-0.4, -0.2) is 59.9 Å². The van der Waals surface area contributed by atoms with Crippen LogP contribution in [-0.2, 0) is 14.4 Å². The van der Waals surface area contributed by atoms with Gasteiger partial charge in [-0.3, -0.25) is 14.4 Å². The number of carboxylic acids is 1. The highest BCUT2D eigenvalue weighted by molar-refractivity contribution is 5.89. The fraction of sp³-hybridized carbons (Fsp3) is 0.700. The first kappa shape index (κ1) is 12.5. The van der Waals surface area contributed by atoms with E-state index in [-0.39, 0.29) is 37.1 Å². The summed E-state index contributed by atoms with van der Waals surface area (Å²) in [4.78, 5) is 36.3. The van der Waals surface area contributed by atoms with Crippen LogP contribution in [0.2, 0.25) is 0 Å². The van der Waals surface area contributed by atoms with Crippen molar-refractivity contribution in [1.82, 2.24) is 9.80 Å². The van der Waals surface area contributed by atoms with E-state index in [1.807, 2.05) is 0 Å². The molecule has 0 saturated carbocycles. The monoisotopic (exact) mass is 228 g/mol. The minimum atomic E-state index is -0.931. The maximum atomic E-state index is 11.8. The van der Waals surface area contributed by atoms with Gasteiger partial charge in [0.05, 0.1) is 12.3 Å². The van der Waals surface area contributed by atoms with E-state index in [9.17, 15) is 14.4 Å². The van der Waals surface area contributed by atoms with Crippen molar-refractivity contribution in [3.05, 3.63) is 0 Å². The van der Waals surface area contributed by atoms with Gasteiger partial charge in [-0.1, -0.05) is 0 Å². The van der Waals surface area contributed by atoms with Crippen molar-refractivity contribution >= 4 is 17.8 Å². The first-order valence-electron chi connectivity index (χ1n) is 5.12. The Balaban J connectivity index is 2.45. The third kappa shape index (κ3) is 2.95. The molecule has 0 bridgehead atoms. The number of aliphatic carboxylic acids is 1. The van der Waals surface area contributed by atoms with Crippen molar-refractivity contribution in [2.45, 2.75) is 12.8 Å². The highest BCUT2D eigenvalue weighted by Crippen LogP contribution is 2.17. The average molecular weight is 228 g/mol. The SMILES string of the molecule is CN1CC(C(=O)N(C)CCC(=O)O)CC1=O. The second-order valence-corrected chi connectivity index (χ2v) is 4.08. The fourth-order valence-electron chi connectivity index (χ4n) is 1.71. The maximum Gasteiger partial charge on any atom is 0.305 e. The predicted molar refractivity (Wildman–Crippen MR) is 55.6 cm³/mol. The standard InChI is InChI=1S/C10H16N2O4/c1-11(4-3-9(14)15)10(16)7-5-8(13)12(2)6-7/h7H,3-6H2,1-2H3,(H,14,15). The third-order valence-electron chi connectivity index (χ3n) is 2.73. The Bertz CT molecular complexity index is 316. The van der Waals surface area contributed by atoms with E-state index >= 15 is 0 Å². The Hall–Kier alpha value is -1.59. The summed E-state index contributed by atoms with van der Waals surface area (Å²) >= 11 is 0. The zero-order chi connectivity index (χ0) is 12.3. The Kier molecular flexibility index (Phi) is 3.87. The first-order valence-corrected chi connectivity index (χ1v) is 5.12. The molecule has 1 saturated heterocycles. The summed E-state index contributed by atoms with van der Waals surface area (Å²) in [6, 6.07) is 0. The van der Waals surface area contributed by atoms with E-state index in [1.165, 1.54) is 9.80 Å². The third-order valence-corrected chi connectivity index (χ3v) is 2.73. The molecule has 1 aliphatic heterocycles. The van der Waals surface area contributed by atoms with Gasteiger partial charge < -0.3 is 14.9 Å². The van der Waals surface area contributed by atoms with E-state index in [2.05, 4.69) is 0 Å². The summed E-state index contributed by atoms with van der Waals surface area (Å²) in [6.45, 7) is 0.609. The van der Waals surface area contributed by atoms with Gasteiger partial charge in [0.25, 0.3) is 0 Å². The van der Waals surface area contributed by atoms with Gasteiger partial charge in [0.15, 0.2) is 0 Å². The van der Waals surface area contributed by atoms with Crippen LogP contribution in [0.25, 0.3) is 0 Å². The molecule has 1 aliphatic rings. The molecule has 1 N–H and O–H groups in total. The van der Waals surface area contributed by atoms with Gasteiger partial charge in [-0.15, -0.1) is 0 Å². The molecule has 16 heavy (non-hydrogen) atoms. The summed E-state index contributed by atoms with van der Waals surface area (Å²) in [6.07, 6.45) is 0.158. The van der Waals surface area contributed by atoms with Gasteiger partial charge in [-0.25, -0.2) is 0 Å². The molecule has 6 heteroatoms. The number of amides is 2. The second kappa shape index (κ2) is 4.96. The second-order valence-electron chi connectivity index (χ2n) is 4.08. The first-order chi connectivity index (χ1) is 7.41. The van der Waals surface area contributed by atoms with E-state index in [0.29, 0.717) is 6.54 Å². The number of carbonyl (C=O) groups is 3. The molecule has 0 radical (unpaired) electrons. The average Bonchev–Trinajstić information content (AvgIpc) is 2.54. The number of nitrogens with zero attached hydrogens (tertiary/aromatic N) is 2. The Morgan fingerprint density at radius 2 is 2.19 bits per heavy atom. The summed E-state index contributed by atoms with van der Waals surface area (Å²) < 4.78 is 0. The van der Waals surface area contributed by atoms with Crippen molar-refractivity contribution in [3.63, 3.8) is 0 Å². The van der Waals surface area contributed by atoms with Gasteiger partial charge >= 0.3 is 5.97 Å². The van der Waals surface area contributed by atoms with Gasteiger partial charge in [-0.05, 0) is 0 Å². The summed E-state index contributed by atoms with van der Waals surface area (Å²) in [5.74, 6) is -1.44. The molecule has 1 unspecified atom stereocenters. The maximum absolute atomic E-state index is 11.8. The zero-order valence-electron chi connectivity index (χ0n) is 9.47. The van der Waals surface area contributed by atoms with Crippen molar-refractivity contribution in [2.75, 3.05) is 27.2 Å². The van der Waals surface area contributed by atoms with Crippen molar-refractivity contribution in [1.29, 1.82) is 0 Å². The van der Waals surface area contributed by atoms with Crippen molar-refractivity contribution in [3.8, 4) is 0 Å². The molecule has 6 nitrogen and oxygen atoms in total. The molecule has 0 aliphatic carbocycles. The zero-order valence-corrected chi connectivity index (χ0v) is 9.47. The molecule has 1 fully saturated rings. The van der Waals surface area contributed by atoms with Crippen LogP contribution in [0.4, 0.5) is 0 Å². The number of hydrogen-bond acceptors (Lipinski definition) is 3. The van der Waals surface area contributed by atoms with Crippen LogP contribution in [0, 0.1) is 5.92 Å². The quantitative estimate of drug-likeness (QED) is 0.696. The van der Waals surface area contributed by atoms with Gasteiger partial charge in [-0.2, -0.15) is 0 Å². The lowest BCUT2D eigenvalue weighted by atomic mass is 10.1. The number of likely N-dealkylation sites (tertiary alicyclic amines) is 1. The predicted octanol–water partition coefficient (Wildman–Crippen LogP) is -0.602. The topological polar surface area (TPSA) is 77.9 Å². The van der Waals surface area contributed by atoms with Crippen LogP contribution in [0.1, 0.15) is 12.8 Å². The summed E-state index contributed by atoms with van der Waals surface area (Å²) in [5, 5.41) is 8.49. The molecule has 1 heterocycles. The van der Waals surface area contributed by atoms with Crippen LogP contribution >= 0.6 is 0 Å². The summed E-state index contributed by atoms with van der Waals surface area (Å²) in [7, 11) is 3.22. The summed E-state index contributed by atoms with van der Waals surface area (Å²) in [5.41, 5.74) is 0. The van der Waals surface area contributed by atoms with Crippen molar-refractivity contribution < 1.29 is 19.5 Å². The molecule has 1 rings (SSSR count). The minimum absolute atomic E-state index is 0.0371. The Morgan fingerprint density at radius 1 is 1.56 bits per heavy atom. The molecule has 0 aromatic heterocycles. The van der Waals surface area contributed by atoms with Crippen LogP contribution in [0.3, 0.4) is 0 Å². The van der Waals surface area contributed by atoms with E-state index < -0.39 is 5.97 Å². The molecular weight excluding hydrogens is 212 g/mol. The number of carbonyl (C=O) groups excluding carboxylic acids is 2. The molecule has 2 amide bonds. The lowest BCUT2D eigenvalue weighted by molar-refractivity contribution is -0.139. The van der Waals surface area contributed by atoms with Crippen LogP contribution in [0.15, 0.2) is 0 Å². The molecule has 0 aromatic rings. The molecule has 0 aromatic carbocycles. The van der Waals surface area contributed by atoms with Crippen LogP contribution in [0.5, 0.6) is 0 Å². The normalized spacial score (nSPS) is 20.0. The van der Waals surface area contributed by atoms with Crippen LogP contribution < -0.4 is 0 Å². The van der Waals surface area contributed by atoms with Crippen molar-refractivity contribution in [2.24, 2.45) is 5.92 Å². The number of hydrogen-bond donors (Lipinski definition) is 1. The van der Waals surface area contributed by atoms with Gasteiger partial charge in [0, 0.05) is 33.6 Å². The van der Waals surface area contributed by atoms with Gasteiger partial charge in [0.2, 0.25) is 11.8 Å². The Labute approximate surface area is 93.8 Å². The van der Waals surface area contributed by atoms with E-state index in [4.69, 9.17) is 5.11 Å². The fourth-order valence-corrected chi connectivity index (χ4v) is 1.71. The van der Waals surface area contributed by atoms with E-state index in [0.717, 1.165) is 0 Å². The lowest BCUT2D eigenvalue weighted by Gasteiger charge is -2.19. The molecule has 1 atom stereocenters. The van der Waals surface area contributed by atoms with E-state index in [1.54, 1.807) is 14.1 Å². The largest absolute Gasteiger partial charge is 0.481 e. The molecular formula is C10H16N2O4. The minimum Gasteiger partial charge on any atom is -0.481 e.